The lowest BCUT2D eigenvalue weighted by molar-refractivity contribution is 0.256. The van der Waals surface area contributed by atoms with Gasteiger partial charge in [0.2, 0.25) is 0 Å². The number of nitrogens with zero attached hydrogens (tertiary/aromatic N) is 1. The number of fused-ring (bicyclic) bond motifs is 6. The van der Waals surface area contributed by atoms with Crippen LogP contribution in [0.5, 0.6) is 17.2 Å². The molecule has 0 unspecified atom stereocenters. The second-order valence-corrected chi connectivity index (χ2v) is 7.12. The molecule has 0 saturated heterocycles. The maximum atomic E-state index is 5.80. The summed E-state index contributed by atoms with van der Waals surface area (Å²) >= 11 is 0. The van der Waals surface area contributed by atoms with E-state index in [0.29, 0.717) is 0 Å². The van der Waals surface area contributed by atoms with E-state index in [1.165, 1.54) is 33.7 Å². The van der Waals surface area contributed by atoms with Crippen molar-refractivity contribution in [3.05, 3.63) is 41.5 Å². The Morgan fingerprint density at radius 1 is 0.889 bits per heavy atom. The summed E-state index contributed by atoms with van der Waals surface area (Å²) in [5.74, 6) is 2.47. The average Bonchev–Trinajstić information content (AvgIpc) is 2.72. The monoisotopic (exact) mass is 365 g/mol. The summed E-state index contributed by atoms with van der Waals surface area (Å²) in [7, 11) is 5.13. The minimum atomic E-state index is 0.769. The first-order chi connectivity index (χ1) is 13.2. The third-order valence-electron chi connectivity index (χ3n) is 5.66. The minimum absolute atomic E-state index is 0.769. The molecule has 0 N–H and O–H groups in total. The predicted molar refractivity (Wildman–Crippen MR) is 110 cm³/mol. The minimum Gasteiger partial charge on any atom is -0.497 e. The molecule has 3 aromatic carbocycles. The summed E-state index contributed by atoms with van der Waals surface area (Å²) < 4.78 is 16.9. The quantitative estimate of drug-likeness (QED) is 0.609. The Balaban J connectivity index is 2.09. The van der Waals surface area contributed by atoms with Crippen molar-refractivity contribution in [1.29, 1.82) is 0 Å². The maximum absolute atomic E-state index is 5.80. The van der Waals surface area contributed by atoms with Crippen LogP contribution in [-0.4, -0.2) is 39.3 Å². The van der Waals surface area contributed by atoms with Crippen molar-refractivity contribution in [3.63, 3.8) is 0 Å². The van der Waals surface area contributed by atoms with Crippen LogP contribution < -0.4 is 14.2 Å². The number of hydrogen-bond donors (Lipinski definition) is 0. The first-order valence-electron chi connectivity index (χ1n) is 9.60. The van der Waals surface area contributed by atoms with Gasteiger partial charge in [-0.2, -0.15) is 0 Å². The highest BCUT2D eigenvalue weighted by Crippen LogP contribution is 2.44. The first-order valence-corrected chi connectivity index (χ1v) is 9.60. The van der Waals surface area contributed by atoms with Crippen LogP contribution in [0.4, 0.5) is 0 Å². The summed E-state index contributed by atoms with van der Waals surface area (Å²) in [5, 5.41) is 4.86. The highest BCUT2D eigenvalue weighted by molar-refractivity contribution is 6.14. The molecule has 142 valence electrons. The Labute approximate surface area is 160 Å². The summed E-state index contributed by atoms with van der Waals surface area (Å²) in [4.78, 5) is 2.55. The fourth-order valence-corrected chi connectivity index (χ4v) is 4.43. The molecule has 0 atom stereocenters. The third-order valence-corrected chi connectivity index (χ3v) is 5.66. The lowest BCUT2D eigenvalue weighted by atomic mass is 9.87. The Morgan fingerprint density at radius 2 is 1.70 bits per heavy atom. The topological polar surface area (TPSA) is 30.9 Å². The molecule has 1 heterocycles. The second-order valence-electron chi connectivity index (χ2n) is 7.12. The second kappa shape index (κ2) is 7.28. The molecule has 4 rings (SSSR count). The van der Waals surface area contributed by atoms with Crippen LogP contribution in [0.2, 0.25) is 0 Å². The van der Waals surface area contributed by atoms with Crippen molar-refractivity contribution in [1.82, 2.24) is 4.90 Å². The van der Waals surface area contributed by atoms with Gasteiger partial charge in [0.1, 0.15) is 5.75 Å². The third kappa shape index (κ3) is 2.88. The van der Waals surface area contributed by atoms with Gasteiger partial charge in [0.15, 0.2) is 11.5 Å². The van der Waals surface area contributed by atoms with E-state index in [0.717, 1.165) is 48.7 Å². The fourth-order valence-electron chi connectivity index (χ4n) is 4.43. The molecule has 0 aliphatic carbocycles. The SMILES string of the molecule is CCCN1CCc2c(c3cc(OC)ccc3c3c(OC)c(OC)ccc23)C1. The van der Waals surface area contributed by atoms with Crippen molar-refractivity contribution in [2.24, 2.45) is 0 Å². The van der Waals surface area contributed by atoms with Crippen LogP contribution in [0, 0.1) is 0 Å². The first kappa shape index (κ1) is 17.9. The normalized spacial score (nSPS) is 14.4. The van der Waals surface area contributed by atoms with Crippen molar-refractivity contribution in [3.8, 4) is 17.2 Å². The molecule has 0 amide bonds. The van der Waals surface area contributed by atoms with Gasteiger partial charge >= 0.3 is 0 Å². The Morgan fingerprint density at radius 3 is 2.41 bits per heavy atom. The van der Waals surface area contributed by atoms with Crippen LogP contribution in [-0.2, 0) is 13.0 Å². The molecule has 0 fully saturated rings. The van der Waals surface area contributed by atoms with Crippen LogP contribution >= 0.6 is 0 Å². The van der Waals surface area contributed by atoms with E-state index in [2.05, 4.69) is 30.0 Å². The molecule has 0 radical (unpaired) electrons. The lowest BCUT2D eigenvalue weighted by Crippen LogP contribution is -2.31. The van der Waals surface area contributed by atoms with Crippen molar-refractivity contribution >= 4 is 21.5 Å². The summed E-state index contributed by atoms with van der Waals surface area (Å²) in [5.41, 5.74) is 2.85. The molecule has 0 aromatic heterocycles. The molecule has 0 bridgehead atoms. The molecule has 27 heavy (non-hydrogen) atoms. The largest absolute Gasteiger partial charge is 0.497 e. The zero-order chi connectivity index (χ0) is 19.0. The van der Waals surface area contributed by atoms with Gasteiger partial charge in [0.25, 0.3) is 0 Å². The molecular weight excluding hydrogens is 338 g/mol. The van der Waals surface area contributed by atoms with E-state index < -0.39 is 0 Å². The van der Waals surface area contributed by atoms with Gasteiger partial charge in [0.05, 0.1) is 21.3 Å². The van der Waals surface area contributed by atoms with Gasteiger partial charge in [0, 0.05) is 18.5 Å². The number of hydrogen-bond acceptors (Lipinski definition) is 4. The van der Waals surface area contributed by atoms with Gasteiger partial charge in [-0.1, -0.05) is 13.0 Å². The molecular formula is C23H27NO3. The maximum Gasteiger partial charge on any atom is 0.169 e. The molecule has 4 nitrogen and oxygen atoms in total. The van der Waals surface area contributed by atoms with Gasteiger partial charge in [-0.3, -0.25) is 4.90 Å². The summed E-state index contributed by atoms with van der Waals surface area (Å²) in [6, 6.07) is 10.6. The van der Waals surface area contributed by atoms with Crippen LogP contribution in [0.25, 0.3) is 21.5 Å². The van der Waals surface area contributed by atoms with Crippen LogP contribution in [0.1, 0.15) is 24.5 Å². The van der Waals surface area contributed by atoms with E-state index in [4.69, 9.17) is 14.2 Å². The molecule has 1 aliphatic heterocycles. The summed E-state index contributed by atoms with van der Waals surface area (Å²) in [6.45, 7) is 5.46. The van der Waals surface area contributed by atoms with Crippen LogP contribution in [0.15, 0.2) is 30.3 Å². The standard InChI is InChI=1S/C23H27NO3/c1-5-11-24-12-10-16-17-8-9-21(26-3)23(27-4)22(17)18-7-6-15(25-2)13-19(18)20(16)14-24/h6-9,13H,5,10-12,14H2,1-4H3. The van der Waals surface area contributed by atoms with Gasteiger partial charge in [-0.15, -0.1) is 0 Å². The summed E-state index contributed by atoms with van der Waals surface area (Å²) in [6.07, 6.45) is 2.23. The number of ether oxygens (including phenoxy) is 3. The highest BCUT2D eigenvalue weighted by Gasteiger charge is 2.24. The molecule has 1 aliphatic rings. The van der Waals surface area contributed by atoms with E-state index in [1.807, 2.05) is 12.1 Å². The highest BCUT2D eigenvalue weighted by atomic mass is 16.5. The van der Waals surface area contributed by atoms with E-state index in [-0.39, 0.29) is 0 Å². The van der Waals surface area contributed by atoms with Gasteiger partial charge in [-0.25, -0.2) is 0 Å². The van der Waals surface area contributed by atoms with Crippen molar-refractivity contribution in [2.45, 2.75) is 26.3 Å². The van der Waals surface area contributed by atoms with Crippen LogP contribution in [0.3, 0.4) is 0 Å². The van der Waals surface area contributed by atoms with E-state index in [1.54, 1.807) is 21.3 Å². The zero-order valence-corrected chi connectivity index (χ0v) is 16.6. The number of rotatable bonds is 5. The Hall–Kier alpha value is -2.46. The lowest BCUT2D eigenvalue weighted by Gasteiger charge is -2.31. The zero-order valence-electron chi connectivity index (χ0n) is 16.6. The molecule has 0 saturated carbocycles. The van der Waals surface area contributed by atoms with Gasteiger partial charge in [-0.05, 0) is 70.9 Å². The Bertz CT molecular complexity index is 996. The molecule has 3 aromatic rings. The molecule has 4 heteroatoms. The smallest absolute Gasteiger partial charge is 0.169 e. The van der Waals surface area contributed by atoms with E-state index in [9.17, 15) is 0 Å². The molecule has 0 spiro atoms. The fraction of sp³-hybridized carbons (Fsp3) is 0.391. The van der Waals surface area contributed by atoms with E-state index >= 15 is 0 Å². The number of benzene rings is 3. The van der Waals surface area contributed by atoms with Crippen molar-refractivity contribution in [2.75, 3.05) is 34.4 Å². The average molecular weight is 365 g/mol. The van der Waals surface area contributed by atoms with Crippen molar-refractivity contribution < 1.29 is 14.2 Å². The Kier molecular flexibility index (Phi) is 4.83. The predicted octanol–water partition coefficient (Wildman–Crippen LogP) is 4.79. The number of methoxy groups -OCH3 is 3. The van der Waals surface area contributed by atoms with Gasteiger partial charge < -0.3 is 14.2 Å².